The molecule has 0 fully saturated rings. The molecular weight excluding hydrogens is 403 g/mol. The number of benzene rings is 1. The maximum atomic E-state index is 13.8. The molecule has 0 spiro atoms. The molecule has 8 nitrogen and oxygen atoms in total. The lowest BCUT2D eigenvalue weighted by atomic mass is 10.1. The predicted octanol–water partition coefficient (Wildman–Crippen LogP) is 2.85. The molecule has 0 saturated carbocycles. The van der Waals surface area contributed by atoms with Crippen LogP contribution in [0.15, 0.2) is 22.7 Å². The van der Waals surface area contributed by atoms with Crippen LogP contribution in [0.4, 0.5) is 4.39 Å². The molecule has 0 N–H and O–H groups in total. The molecule has 31 heavy (non-hydrogen) atoms. The molecule has 1 aromatic carbocycles. The molecule has 0 unspecified atom stereocenters. The van der Waals surface area contributed by atoms with Crippen LogP contribution < -0.4 is 0 Å². The number of esters is 1. The molecule has 0 aliphatic rings. The van der Waals surface area contributed by atoms with E-state index in [2.05, 4.69) is 10.1 Å². The highest BCUT2D eigenvalue weighted by molar-refractivity contribution is 5.82. The molecular formula is C22H31FN4O4. The molecule has 0 bridgehead atoms. The third kappa shape index (κ3) is 8.09. The summed E-state index contributed by atoms with van der Waals surface area (Å²) >= 11 is 0. The van der Waals surface area contributed by atoms with E-state index in [0.29, 0.717) is 24.2 Å². The van der Waals surface area contributed by atoms with E-state index in [0.717, 1.165) is 0 Å². The number of carbonyl (C=O) groups excluding carboxylic acids is 2. The first-order valence-electron chi connectivity index (χ1n) is 10.2. The van der Waals surface area contributed by atoms with Gasteiger partial charge < -0.3 is 19.1 Å². The quantitative estimate of drug-likeness (QED) is 0.561. The normalized spacial score (nSPS) is 11.6. The van der Waals surface area contributed by atoms with Crippen molar-refractivity contribution >= 4 is 11.9 Å². The van der Waals surface area contributed by atoms with E-state index in [9.17, 15) is 14.0 Å². The third-order valence-electron chi connectivity index (χ3n) is 4.36. The van der Waals surface area contributed by atoms with Crippen molar-refractivity contribution in [1.29, 1.82) is 0 Å². The fourth-order valence-electron chi connectivity index (χ4n) is 2.72. The Hall–Kier alpha value is -2.81. The summed E-state index contributed by atoms with van der Waals surface area (Å²) in [5.74, 6) is -0.485. The lowest BCUT2D eigenvalue weighted by Gasteiger charge is -2.26. The maximum absolute atomic E-state index is 13.8. The molecule has 170 valence electrons. The zero-order valence-electron chi connectivity index (χ0n) is 19.1. The zero-order chi connectivity index (χ0) is 23.2. The van der Waals surface area contributed by atoms with Gasteiger partial charge in [0.05, 0.1) is 0 Å². The molecule has 1 aromatic heterocycles. The van der Waals surface area contributed by atoms with Crippen molar-refractivity contribution in [2.75, 3.05) is 33.7 Å². The van der Waals surface area contributed by atoms with Crippen molar-refractivity contribution in [2.45, 2.75) is 46.1 Å². The first-order chi connectivity index (χ1) is 14.4. The topological polar surface area (TPSA) is 88.8 Å². The summed E-state index contributed by atoms with van der Waals surface area (Å²) in [5, 5.41) is 3.87. The van der Waals surface area contributed by atoms with Gasteiger partial charge in [0, 0.05) is 31.5 Å². The van der Waals surface area contributed by atoms with Crippen LogP contribution in [0.2, 0.25) is 0 Å². The van der Waals surface area contributed by atoms with Crippen LogP contribution in [0.25, 0.3) is 11.4 Å². The molecule has 0 radical (unpaired) electrons. The van der Waals surface area contributed by atoms with E-state index >= 15 is 0 Å². The van der Waals surface area contributed by atoms with Crippen molar-refractivity contribution in [3.05, 3.63) is 35.5 Å². The van der Waals surface area contributed by atoms with Gasteiger partial charge in [0.25, 0.3) is 0 Å². The van der Waals surface area contributed by atoms with Gasteiger partial charge in [-0.25, -0.2) is 4.39 Å². The van der Waals surface area contributed by atoms with E-state index in [1.807, 2.05) is 19.0 Å². The second-order valence-corrected chi connectivity index (χ2v) is 8.68. The Morgan fingerprint density at radius 2 is 1.90 bits per heavy atom. The Labute approximate surface area is 182 Å². The Kier molecular flexibility index (Phi) is 8.27. The van der Waals surface area contributed by atoms with Crippen LogP contribution >= 0.6 is 0 Å². The lowest BCUT2D eigenvalue weighted by Crippen LogP contribution is -2.42. The number of hydrogen-bond donors (Lipinski definition) is 0. The molecule has 2 rings (SSSR count). The Balaban J connectivity index is 2.00. The van der Waals surface area contributed by atoms with Gasteiger partial charge in [-0.05, 0) is 53.4 Å². The Morgan fingerprint density at radius 3 is 2.52 bits per heavy atom. The summed E-state index contributed by atoms with van der Waals surface area (Å²) in [7, 11) is 3.79. The minimum atomic E-state index is -0.622. The number of likely N-dealkylation sites (N-methyl/N-ethyl adjacent to an activating group) is 1. The molecule has 1 amide bonds. The first-order valence-corrected chi connectivity index (χ1v) is 10.2. The second kappa shape index (κ2) is 10.5. The van der Waals surface area contributed by atoms with Gasteiger partial charge in [0.1, 0.15) is 18.0 Å². The Morgan fingerprint density at radius 1 is 1.19 bits per heavy atom. The fourth-order valence-corrected chi connectivity index (χ4v) is 2.72. The number of nitrogens with zero attached hydrogens (tertiary/aromatic N) is 4. The predicted molar refractivity (Wildman–Crippen MR) is 114 cm³/mol. The first kappa shape index (κ1) is 24.5. The molecule has 0 aliphatic heterocycles. The lowest BCUT2D eigenvalue weighted by molar-refractivity contribution is -0.159. The Bertz CT molecular complexity index is 905. The smallest absolute Gasteiger partial charge is 0.326 e. The van der Waals surface area contributed by atoms with Crippen molar-refractivity contribution in [3.8, 4) is 11.4 Å². The average molecular weight is 435 g/mol. The largest absolute Gasteiger partial charge is 0.459 e. The van der Waals surface area contributed by atoms with E-state index in [-0.39, 0.29) is 42.8 Å². The van der Waals surface area contributed by atoms with Gasteiger partial charge in [-0.2, -0.15) is 4.98 Å². The van der Waals surface area contributed by atoms with Crippen LogP contribution in [0.3, 0.4) is 0 Å². The van der Waals surface area contributed by atoms with Crippen LogP contribution in [0.1, 0.15) is 38.6 Å². The van der Waals surface area contributed by atoms with Crippen molar-refractivity contribution in [3.63, 3.8) is 0 Å². The molecule has 0 aliphatic carbocycles. The van der Waals surface area contributed by atoms with E-state index in [1.54, 1.807) is 39.8 Å². The van der Waals surface area contributed by atoms with Gasteiger partial charge in [0.15, 0.2) is 0 Å². The highest BCUT2D eigenvalue weighted by Crippen LogP contribution is 2.19. The SMILES string of the molecule is Cc1ccc(-c2noc(CCC(=O)N(CCN(C)C)CC(=O)OC(C)(C)C)n2)cc1F. The molecule has 9 heteroatoms. The second-order valence-electron chi connectivity index (χ2n) is 8.68. The third-order valence-corrected chi connectivity index (χ3v) is 4.36. The number of carbonyl (C=O) groups is 2. The van der Waals surface area contributed by atoms with Crippen LogP contribution in [-0.2, 0) is 20.7 Å². The van der Waals surface area contributed by atoms with E-state index < -0.39 is 11.6 Å². The fraction of sp³-hybridized carbons (Fsp3) is 0.545. The van der Waals surface area contributed by atoms with Gasteiger partial charge >= 0.3 is 5.97 Å². The van der Waals surface area contributed by atoms with E-state index in [1.165, 1.54) is 11.0 Å². The van der Waals surface area contributed by atoms with Crippen LogP contribution in [-0.4, -0.2) is 71.1 Å². The molecule has 0 atom stereocenters. The summed E-state index contributed by atoms with van der Waals surface area (Å²) in [6.07, 6.45) is 0.313. The average Bonchev–Trinajstić information content (AvgIpc) is 3.12. The van der Waals surface area contributed by atoms with Crippen molar-refractivity contribution in [2.24, 2.45) is 0 Å². The standard InChI is InChI=1S/C22H31FN4O4/c1-15-7-8-16(13-17(15)23)21-24-18(31-25-21)9-10-19(28)27(12-11-26(5)6)14-20(29)30-22(2,3)4/h7-8,13H,9-12,14H2,1-6H3. The van der Waals surface area contributed by atoms with Gasteiger partial charge in [-0.15, -0.1) is 0 Å². The van der Waals surface area contributed by atoms with Crippen LogP contribution in [0, 0.1) is 12.7 Å². The number of halogens is 1. The maximum Gasteiger partial charge on any atom is 0.326 e. The van der Waals surface area contributed by atoms with Gasteiger partial charge in [0.2, 0.25) is 17.6 Å². The summed E-state index contributed by atoms with van der Waals surface area (Å²) < 4.78 is 24.3. The van der Waals surface area contributed by atoms with Gasteiger partial charge in [-0.1, -0.05) is 17.3 Å². The van der Waals surface area contributed by atoms with Gasteiger partial charge in [-0.3, -0.25) is 9.59 Å². The minimum absolute atomic E-state index is 0.0973. The number of aromatic nitrogens is 2. The summed E-state index contributed by atoms with van der Waals surface area (Å²) in [6, 6.07) is 4.70. The zero-order valence-corrected chi connectivity index (χ0v) is 19.1. The summed E-state index contributed by atoms with van der Waals surface area (Å²) in [5.41, 5.74) is 0.408. The molecule has 2 aromatic rings. The number of amides is 1. The van der Waals surface area contributed by atoms with Crippen molar-refractivity contribution < 1.29 is 23.2 Å². The monoisotopic (exact) mass is 434 g/mol. The number of aryl methyl sites for hydroxylation is 2. The summed E-state index contributed by atoms with van der Waals surface area (Å²) in [4.78, 5) is 32.6. The number of ether oxygens (including phenoxy) is 1. The number of rotatable bonds is 9. The van der Waals surface area contributed by atoms with E-state index in [4.69, 9.17) is 9.26 Å². The highest BCUT2D eigenvalue weighted by atomic mass is 19.1. The summed E-state index contributed by atoms with van der Waals surface area (Å²) in [6.45, 7) is 7.90. The molecule has 0 saturated heterocycles. The molecule has 1 heterocycles. The number of hydrogen-bond acceptors (Lipinski definition) is 7. The minimum Gasteiger partial charge on any atom is -0.459 e. The van der Waals surface area contributed by atoms with Crippen LogP contribution in [0.5, 0.6) is 0 Å². The highest BCUT2D eigenvalue weighted by Gasteiger charge is 2.23. The van der Waals surface area contributed by atoms with Crippen molar-refractivity contribution in [1.82, 2.24) is 19.9 Å².